The van der Waals surface area contributed by atoms with Crippen molar-refractivity contribution in [3.8, 4) is 0 Å². The number of carbonyl (C=O) groups is 1. The van der Waals surface area contributed by atoms with Crippen LogP contribution in [0.25, 0.3) is 0 Å². The Balaban J connectivity index is 1.62. The lowest BCUT2D eigenvalue weighted by Gasteiger charge is -2.27. The van der Waals surface area contributed by atoms with Crippen LogP contribution in [0.15, 0.2) is 60.7 Å². The minimum Gasteiger partial charge on any atom is -0.481 e. The van der Waals surface area contributed by atoms with Crippen LogP contribution in [0.2, 0.25) is 0 Å². The highest BCUT2D eigenvalue weighted by Crippen LogP contribution is 2.19. The Kier molecular flexibility index (Phi) is 19.2. The lowest BCUT2D eigenvalue weighted by Crippen LogP contribution is -2.31. The van der Waals surface area contributed by atoms with Gasteiger partial charge in [-0.15, -0.1) is 0 Å². The molecule has 0 aromatic heterocycles. The summed E-state index contributed by atoms with van der Waals surface area (Å²) in [6.07, 6.45) is 21.9. The number of carboxylic acid groups (broad SMARTS) is 1. The van der Waals surface area contributed by atoms with Gasteiger partial charge in [-0.25, -0.2) is 0 Å². The molecule has 2 aromatic carbocycles. The quantitative estimate of drug-likeness (QED) is 0.101. The molecule has 0 fully saturated rings. The molecule has 0 amide bonds. The Morgan fingerprint density at radius 2 is 1.03 bits per heavy atom. The van der Waals surface area contributed by atoms with E-state index in [1.54, 1.807) is 0 Å². The third kappa shape index (κ3) is 17.9. The van der Waals surface area contributed by atoms with E-state index in [0.29, 0.717) is 13.1 Å². The van der Waals surface area contributed by atoms with Crippen LogP contribution < -0.4 is 0 Å². The van der Waals surface area contributed by atoms with E-state index in [1.165, 1.54) is 89.9 Å². The average molecular weight is 538 g/mol. The summed E-state index contributed by atoms with van der Waals surface area (Å²) in [5.41, 5.74) is 2.31. The highest BCUT2D eigenvalue weighted by molar-refractivity contribution is 5.67. The summed E-state index contributed by atoms with van der Waals surface area (Å²) in [5.74, 6) is -0.795. The van der Waals surface area contributed by atoms with E-state index in [9.17, 15) is 9.90 Å². The van der Waals surface area contributed by atoms with Crippen LogP contribution in [-0.2, 0) is 22.7 Å². The molecule has 2 aromatic rings. The lowest BCUT2D eigenvalue weighted by molar-refractivity contribution is -0.216. The standard InChI is InChI=1S/C35H55NO3/c1-2-3-4-5-6-7-8-9-10-11-12-13-14-15-16-23-28-34(29-35(37)38)39-36(30-32-24-19-17-20-25-32)31-33-26-21-18-22-27-33/h17-22,24-27,34H,2-16,23,28-31H2,1H3,(H,37,38). The fraction of sp³-hybridized carbons (Fsp3) is 0.629. The van der Waals surface area contributed by atoms with Crippen LogP contribution in [0, 0.1) is 0 Å². The SMILES string of the molecule is CCCCCCCCCCCCCCCCCCC(CC(=O)O)ON(Cc1ccccc1)Cc1ccccc1. The van der Waals surface area contributed by atoms with Gasteiger partial charge in [-0.1, -0.05) is 170 Å². The summed E-state index contributed by atoms with van der Waals surface area (Å²) >= 11 is 0. The van der Waals surface area contributed by atoms with E-state index in [4.69, 9.17) is 4.84 Å². The number of hydrogen-bond donors (Lipinski definition) is 1. The number of hydrogen-bond acceptors (Lipinski definition) is 3. The maximum Gasteiger partial charge on any atom is 0.306 e. The predicted octanol–water partition coefficient (Wildman–Crippen LogP) is 10.1. The summed E-state index contributed by atoms with van der Waals surface area (Å²) in [4.78, 5) is 17.9. The second-order valence-corrected chi connectivity index (χ2v) is 11.2. The van der Waals surface area contributed by atoms with Gasteiger partial charge in [0.1, 0.15) is 0 Å². The van der Waals surface area contributed by atoms with Gasteiger partial charge in [0.05, 0.1) is 12.5 Å². The number of hydroxylamine groups is 2. The van der Waals surface area contributed by atoms with Gasteiger partial charge < -0.3 is 5.11 Å². The van der Waals surface area contributed by atoms with Gasteiger partial charge in [-0.3, -0.25) is 9.63 Å². The van der Waals surface area contributed by atoms with Crippen LogP contribution in [0.4, 0.5) is 0 Å². The Morgan fingerprint density at radius 1 is 0.641 bits per heavy atom. The van der Waals surface area contributed by atoms with E-state index in [1.807, 2.05) is 41.5 Å². The molecule has 0 radical (unpaired) electrons. The van der Waals surface area contributed by atoms with Crippen molar-refractivity contribution in [1.29, 1.82) is 0 Å². The second kappa shape index (κ2) is 22.6. The highest BCUT2D eigenvalue weighted by atomic mass is 16.7. The molecule has 1 atom stereocenters. The van der Waals surface area contributed by atoms with E-state index >= 15 is 0 Å². The summed E-state index contributed by atoms with van der Waals surface area (Å²) in [7, 11) is 0. The van der Waals surface area contributed by atoms with Crippen molar-refractivity contribution in [2.45, 2.75) is 142 Å². The normalized spacial score (nSPS) is 12.2. The number of carboxylic acids is 1. The van der Waals surface area contributed by atoms with Gasteiger partial charge in [0.25, 0.3) is 0 Å². The Morgan fingerprint density at radius 3 is 1.41 bits per heavy atom. The molecule has 1 unspecified atom stereocenters. The number of unbranched alkanes of at least 4 members (excludes halogenated alkanes) is 15. The van der Waals surface area contributed by atoms with Gasteiger partial charge in [-0.05, 0) is 17.5 Å². The molecule has 1 N–H and O–H groups in total. The van der Waals surface area contributed by atoms with E-state index in [0.717, 1.165) is 30.4 Å². The summed E-state index contributed by atoms with van der Waals surface area (Å²) in [6.45, 7) is 3.54. The first kappa shape index (κ1) is 33.0. The fourth-order valence-electron chi connectivity index (χ4n) is 5.22. The number of rotatable bonds is 25. The van der Waals surface area contributed by atoms with E-state index in [-0.39, 0.29) is 12.5 Å². The molecular formula is C35H55NO3. The van der Waals surface area contributed by atoms with E-state index < -0.39 is 5.97 Å². The number of nitrogens with zero attached hydrogens (tertiary/aromatic N) is 1. The largest absolute Gasteiger partial charge is 0.481 e. The zero-order chi connectivity index (χ0) is 27.8. The van der Waals surface area contributed by atoms with Crippen molar-refractivity contribution in [2.75, 3.05) is 0 Å². The van der Waals surface area contributed by atoms with Crippen molar-refractivity contribution in [1.82, 2.24) is 5.06 Å². The third-order valence-corrected chi connectivity index (χ3v) is 7.48. The predicted molar refractivity (Wildman–Crippen MR) is 163 cm³/mol. The number of benzene rings is 2. The molecule has 218 valence electrons. The van der Waals surface area contributed by atoms with Crippen molar-refractivity contribution >= 4 is 5.97 Å². The molecule has 4 heteroatoms. The van der Waals surface area contributed by atoms with Crippen LogP contribution in [-0.4, -0.2) is 22.2 Å². The summed E-state index contributed by atoms with van der Waals surface area (Å²) in [6, 6.07) is 20.5. The number of aliphatic carboxylic acids is 1. The maximum atomic E-state index is 11.6. The van der Waals surface area contributed by atoms with Gasteiger partial charge in [-0.2, -0.15) is 5.06 Å². The van der Waals surface area contributed by atoms with E-state index in [2.05, 4.69) is 31.2 Å². The van der Waals surface area contributed by atoms with Gasteiger partial charge in [0, 0.05) is 13.1 Å². The van der Waals surface area contributed by atoms with Crippen LogP contribution in [0.1, 0.15) is 134 Å². The molecular weight excluding hydrogens is 482 g/mol. The summed E-state index contributed by atoms with van der Waals surface area (Å²) < 4.78 is 0. The zero-order valence-electron chi connectivity index (χ0n) is 24.7. The van der Waals surface area contributed by atoms with Crippen molar-refractivity contribution < 1.29 is 14.7 Å². The van der Waals surface area contributed by atoms with Gasteiger partial charge in [0.2, 0.25) is 0 Å². The Hall–Kier alpha value is -2.17. The molecule has 0 heterocycles. The average Bonchev–Trinajstić information content (AvgIpc) is 2.93. The topological polar surface area (TPSA) is 49.8 Å². The molecule has 39 heavy (non-hydrogen) atoms. The first-order valence-electron chi connectivity index (χ1n) is 15.9. The van der Waals surface area contributed by atoms with Crippen molar-refractivity contribution in [2.24, 2.45) is 0 Å². The molecule has 0 aliphatic heterocycles. The van der Waals surface area contributed by atoms with Crippen LogP contribution in [0.3, 0.4) is 0 Å². The first-order chi connectivity index (χ1) is 19.2. The van der Waals surface area contributed by atoms with Crippen molar-refractivity contribution in [3.05, 3.63) is 71.8 Å². The molecule has 0 saturated heterocycles. The minimum absolute atomic E-state index is 0.0405. The smallest absolute Gasteiger partial charge is 0.306 e. The molecule has 0 aliphatic carbocycles. The van der Waals surface area contributed by atoms with Gasteiger partial charge >= 0.3 is 5.97 Å². The first-order valence-corrected chi connectivity index (χ1v) is 15.9. The van der Waals surface area contributed by atoms with Crippen LogP contribution in [0.5, 0.6) is 0 Å². The minimum atomic E-state index is -0.795. The second-order valence-electron chi connectivity index (χ2n) is 11.2. The molecule has 0 aliphatic rings. The maximum absolute atomic E-state index is 11.6. The molecule has 2 rings (SSSR count). The zero-order valence-corrected chi connectivity index (χ0v) is 24.7. The molecule has 0 bridgehead atoms. The van der Waals surface area contributed by atoms with Crippen LogP contribution >= 0.6 is 0 Å². The molecule has 4 nitrogen and oxygen atoms in total. The highest BCUT2D eigenvalue weighted by Gasteiger charge is 2.19. The monoisotopic (exact) mass is 537 g/mol. The molecule has 0 saturated carbocycles. The lowest BCUT2D eigenvalue weighted by atomic mass is 10.0. The molecule has 0 spiro atoms. The Bertz CT molecular complexity index is 785. The Labute approximate surface area is 239 Å². The third-order valence-electron chi connectivity index (χ3n) is 7.48. The van der Waals surface area contributed by atoms with Gasteiger partial charge in [0.15, 0.2) is 0 Å². The fourth-order valence-corrected chi connectivity index (χ4v) is 5.22. The van der Waals surface area contributed by atoms with Crippen molar-refractivity contribution in [3.63, 3.8) is 0 Å². The summed E-state index contributed by atoms with van der Waals surface area (Å²) in [5, 5.41) is 11.4.